The number of methoxy groups -OCH3 is 1. The minimum atomic E-state index is -5.11. The third-order valence-electron chi connectivity index (χ3n) is 4.15. The predicted octanol–water partition coefficient (Wildman–Crippen LogP) is 3.60. The molecule has 12 heteroatoms. The molecule has 0 heterocycles. The summed E-state index contributed by atoms with van der Waals surface area (Å²) in [6.07, 6.45) is 0. The van der Waals surface area contributed by atoms with E-state index in [0.29, 0.717) is 0 Å². The van der Waals surface area contributed by atoms with Gasteiger partial charge in [0.25, 0.3) is 0 Å². The Morgan fingerprint density at radius 2 is 0.774 bits per heavy atom. The van der Waals surface area contributed by atoms with E-state index in [1.807, 2.05) is 0 Å². The molecule has 0 aliphatic rings. The first-order chi connectivity index (χ1) is 14.5. The summed E-state index contributed by atoms with van der Waals surface area (Å²) in [4.78, 5) is 0. The molecule has 0 aliphatic carbocycles. The van der Waals surface area contributed by atoms with E-state index in [9.17, 15) is 43.9 Å². The Bertz CT molecular complexity index is 1050. The van der Waals surface area contributed by atoms with Gasteiger partial charge in [-0.05, 0) is 0 Å². The van der Waals surface area contributed by atoms with E-state index >= 15 is 0 Å². The summed E-state index contributed by atoms with van der Waals surface area (Å²) in [6, 6.07) is 4.23. The van der Waals surface area contributed by atoms with E-state index in [2.05, 4.69) is 0 Å². The fourth-order valence-corrected chi connectivity index (χ4v) is 9.43. The Morgan fingerprint density at radius 1 is 0.484 bits per heavy atom. The van der Waals surface area contributed by atoms with Crippen molar-refractivity contribution >= 4 is 30.7 Å². The van der Waals surface area contributed by atoms with Gasteiger partial charge in [0.15, 0.2) is 0 Å². The first-order valence-electron chi connectivity index (χ1n) is 7.99. The van der Waals surface area contributed by atoms with Gasteiger partial charge in [-0.3, -0.25) is 0 Å². The van der Waals surface area contributed by atoms with Gasteiger partial charge >= 0.3 is 175 Å². The standard InChI is InChI=1S/C7H7O.2C6F5.Sb/c1-8-7-5-3-2-4-6-7;2*7-2-1-3(8)5(10)6(11)4(2)9;/h3-6H,1H3;;;. The van der Waals surface area contributed by atoms with Gasteiger partial charge in [0.2, 0.25) is 0 Å². The molecule has 0 saturated carbocycles. The second-order valence-electron chi connectivity index (χ2n) is 5.87. The molecule has 0 spiro atoms. The summed E-state index contributed by atoms with van der Waals surface area (Å²) in [5.41, 5.74) is 0. The van der Waals surface area contributed by atoms with Crippen molar-refractivity contribution in [2.45, 2.75) is 0 Å². The van der Waals surface area contributed by atoms with Crippen LogP contribution in [0, 0.1) is 58.2 Å². The number of hydrogen-bond acceptors (Lipinski definition) is 1. The van der Waals surface area contributed by atoms with Crippen LogP contribution in [-0.2, 0) is 0 Å². The molecule has 0 amide bonds. The molecular formula is C19H7F10OSb. The monoisotopic (exact) mass is 562 g/mol. The zero-order valence-electron chi connectivity index (χ0n) is 14.9. The average Bonchev–Trinajstić information content (AvgIpc) is 2.78. The number of hydrogen-bond donors (Lipinski definition) is 0. The van der Waals surface area contributed by atoms with E-state index in [4.69, 9.17) is 4.74 Å². The summed E-state index contributed by atoms with van der Waals surface area (Å²) >= 11 is -5.11. The summed E-state index contributed by atoms with van der Waals surface area (Å²) in [7, 11) is 1.22. The maximum atomic E-state index is 14.5. The molecule has 0 bridgehead atoms. The van der Waals surface area contributed by atoms with E-state index in [1.54, 1.807) is 0 Å². The quantitative estimate of drug-likeness (QED) is 0.204. The summed E-state index contributed by atoms with van der Waals surface area (Å²) < 4.78 is 141. The Hall–Kier alpha value is -2.42. The molecule has 164 valence electrons. The van der Waals surface area contributed by atoms with Gasteiger partial charge in [-0.25, -0.2) is 0 Å². The van der Waals surface area contributed by atoms with Crippen LogP contribution in [0.15, 0.2) is 24.3 Å². The molecule has 31 heavy (non-hydrogen) atoms. The van der Waals surface area contributed by atoms with Crippen LogP contribution in [0.2, 0.25) is 0 Å². The van der Waals surface area contributed by atoms with Gasteiger partial charge in [-0.2, -0.15) is 0 Å². The molecule has 0 N–H and O–H groups in total. The van der Waals surface area contributed by atoms with E-state index in [1.165, 1.54) is 7.11 Å². The molecular weight excluding hydrogens is 556 g/mol. The number of halogens is 10. The van der Waals surface area contributed by atoms with Crippen molar-refractivity contribution in [1.82, 2.24) is 0 Å². The molecule has 0 aliphatic heterocycles. The van der Waals surface area contributed by atoms with E-state index in [0.717, 1.165) is 24.3 Å². The van der Waals surface area contributed by atoms with Gasteiger partial charge in [0.05, 0.1) is 0 Å². The number of ether oxygens (including phenoxy) is 1. The van der Waals surface area contributed by atoms with E-state index in [-0.39, 0.29) is 9.26 Å². The van der Waals surface area contributed by atoms with Gasteiger partial charge in [-0.1, -0.05) is 0 Å². The van der Waals surface area contributed by atoms with Crippen LogP contribution in [-0.4, -0.2) is 27.3 Å². The van der Waals surface area contributed by atoms with Crippen molar-refractivity contribution < 1.29 is 48.6 Å². The molecule has 0 radical (unpaired) electrons. The van der Waals surface area contributed by atoms with Crippen molar-refractivity contribution in [2.75, 3.05) is 7.11 Å². The van der Waals surface area contributed by atoms with Gasteiger partial charge in [-0.15, -0.1) is 0 Å². The van der Waals surface area contributed by atoms with Crippen LogP contribution in [0.4, 0.5) is 43.9 Å². The molecule has 0 unspecified atom stereocenters. The SMILES string of the molecule is COc1cc[c]([Sb]([c]2c(F)c(F)c(F)c(F)c2F)[c]2c(F)c(F)c(F)c(F)c2F)cc1. The van der Waals surface area contributed by atoms with Gasteiger partial charge in [0, 0.05) is 0 Å². The van der Waals surface area contributed by atoms with Crippen molar-refractivity contribution in [3.8, 4) is 5.75 Å². The Kier molecular flexibility index (Phi) is 6.45. The third kappa shape index (κ3) is 3.73. The Morgan fingerprint density at radius 3 is 1.06 bits per heavy atom. The van der Waals surface area contributed by atoms with Crippen molar-refractivity contribution in [3.63, 3.8) is 0 Å². The molecule has 0 atom stereocenters. The van der Waals surface area contributed by atoms with Crippen molar-refractivity contribution in [2.24, 2.45) is 0 Å². The molecule has 3 aromatic rings. The van der Waals surface area contributed by atoms with Crippen LogP contribution in [0.5, 0.6) is 5.75 Å². The molecule has 0 fully saturated rings. The van der Waals surface area contributed by atoms with E-state index < -0.39 is 85.4 Å². The first kappa shape index (κ1) is 23.2. The van der Waals surface area contributed by atoms with Crippen LogP contribution >= 0.6 is 0 Å². The Balaban J connectivity index is 2.48. The second kappa shape index (κ2) is 8.61. The van der Waals surface area contributed by atoms with Crippen LogP contribution in [0.25, 0.3) is 0 Å². The second-order valence-corrected chi connectivity index (χ2v) is 11.8. The fourth-order valence-electron chi connectivity index (χ4n) is 2.68. The summed E-state index contributed by atoms with van der Waals surface area (Å²) in [6.45, 7) is 0. The van der Waals surface area contributed by atoms with Crippen LogP contribution in [0.1, 0.15) is 0 Å². The Labute approximate surface area is 174 Å². The normalized spacial score (nSPS) is 11.4. The fraction of sp³-hybridized carbons (Fsp3) is 0.0526. The summed E-state index contributed by atoms with van der Waals surface area (Å²) in [5.74, 6) is -24.3. The molecule has 0 saturated heterocycles. The zero-order chi connectivity index (χ0) is 23.2. The number of rotatable bonds is 4. The van der Waals surface area contributed by atoms with Crippen LogP contribution in [0.3, 0.4) is 0 Å². The molecule has 3 aromatic carbocycles. The first-order valence-corrected chi connectivity index (χ1v) is 11.8. The van der Waals surface area contributed by atoms with Gasteiger partial charge in [0.1, 0.15) is 0 Å². The maximum absolute atomic E-state index is 14.5. The van der Waals surface area contributed by atoms with Crippen LogP contribution < -0.4 is 15.3 Å². The average molecular weight is 563 g/mol. The predicted molar refractivity (Wildman–Crippen MR) is 90.1 cm³/mol. The summed E-state index contributed by atoms with van der Waals surface area (Å²) in [5, 5.41) is 0. The number of benzene rings is 3. The zero-order valence-corrected chi connectivity index (χ0v) is 17.5. The van der Waals surface area contributed by atoms with Crippen molar-refractivity contribution in [1.29, 1.82) is 0 Å². The third-order valence-corrected chi connectivity index (χ3v) is 11.3. The molecule has 0 aromatic heterocycles. The van der Waals surface area contributed by atoms with Gasteiger partial charge < -0.3 is 0 Å². The topological polar surface area (TPSA) is 9.23 Å². The molecule has 3 rings (SSSR count). The molecule has 1 nitrogen and oxygen atoms in total. The minimum absolute atomic E-state index is 0.138. The van der Waals surface area contributed by atoms with Crippen molar-refractivity contribution in [3.05, 3.63) is 82.4 Å².